The number of phenolic OH excluding ortho intramolecular Hbond substituents is 1. The van der Waals surface area contributed by atoms with Gasteiger partial charge in [-0.25, -0.2) is 10.3 Å². The van der Waals surface area contributed by atoms with E-state index in [-0.39, 0.29) is 12.5 Å². The van der Waals surface area contributed by atoms with Gasteiger partial charge in [-0.05, 0) is 49.6 Å². The molecule has 0 saturated carbocycles. The van der Waals surface area contributed by atoms with Gasteiger partial charge in [0.05, 0.1) is 6.10 Å². The molecule has 3 rings (SSSR count). The zero-order valence-corrected chi connectivity index (χ0v) is 18.0. The lowest BCUT2D eigenvalue weighted by atomic mass is 10.00. The number of rotatable bonds is 10. The molecule has 0 aromatic heterocycles. The molecule has 2 aromatic rings. The van der Waals surface area contributed by atoms with Crippen LogP contribution in [0.25, 0.3) is 0 Å². The average Bonchev–Trinajstić information content (AvgIpc) is 3.28. The van der Waals surface area contributed by atoms with Crippen LogP contribution < -0.4 is 20.3 Å². The molecule has 0 spiro atoms. The van der Waals surface area contributed by atoms with E-state index in [1.54, 1.807) is 36.4 Å². The van der Waals surface area contributed by atoms with Gasteiger partial charge in [0.2, 0.25) is 6.79 Å². The van der Waals surface area contributed by atoms with Gasteiger partial charge in [-0.15, -0.1) is 0 Å². The molecule has 0 fully saturated rings. The Bertz CT molecular complexity index is 977. The number of phenols is 1. The van der Waals surface area contributed by atoms with Crippen LogP contribution in [0.15, 0.2) is 54.6 Å². The van der Waals surface area contributed by atoms with E-state index in [1.807, 2.05) is 6.92 Å². The highest BCUT2D eigenvalue weighted by molar-refractivity contribution is 5.86. The van der Waals surface area contributed by atoms with Crippen molar-refractivity contribution in [3.8, 4) is 17.2 Å². The summed E-state index contributed by atoms with van der Waals surface area (Å²) in [7, 11) is 0. The van der Waals surface area contributed by atoms with Gasteiger partial charge in [-0.1, -0.05) is 18.2 Å². The minimum absolute atomic E-state index is 0.0771. The summed E-state index contributed by atoms with van der Waals surface area (Å²) < 4.78 is 22.2. The third-order valence-corrected chi connectivity index (χ3v) is 4.79. The number of anilines is 1. The quantitative estimate of drug-likeness (QED) is 0.241. The van der Waals surface area contributed by atoms with E-state index in [9.17, 15) is 14.7 Å². The van der Waals surface area contributed by atoms with Gasteiger partial charge in [0.25, 0.3) is 5.91 Å². The molecular formula is C23H26N2O8. The van der Waals surface area contributed by atoms with E-state index in [2.05, 4.69) is 5.32 Å². The zero-order valence-electron chi connectivity index (χ0n) is 18.0. The van der Waals surface area contributed by atoms with Gasteiger partial charge in [0, 0.05) is 24.4 Å². The lowest BCUT2D eigenvalue weighted by Gasteiger charge is -2.27. The van der Waals surface area contributed by atoms with E-state index in [4.69, 9.17) is 24.2 Å². The molecular weight excluding hydrogens is 432 g/mol. The van der Waals surface area contributed by atoms with Crippen LogP contribution in [-0.4, -0.2) is 41.8 Å². The molecule has 2 aromatic carbocycles. The standard InChI is InChI=1S/C23H26N2O8/c1-2-30-19(5-3-4-6-21(27)25-29)22(15-7-10-17(26)11-8-15)33-23(28)24-16-9-12-18-20(13-16)32-14-31-18/h4,6-13,19,22,26,29H,2-3,5,14H2,1H3,(H,24,28)(H,25,27)/b6-4+/t19-,22-/m0/s1. The number of amides is 2. The largest absolute Gasteiger partial charge is 0.508 e. The molecule has 0 radical (unpaired) electrons. The van der Waals surface area contributed by atoms with Crippen LogP contribution in [0.4, 0.5) is 10.5 Å². The minimum Gasteiger partial charge on any atom is -0.508 e. The second-order valence-corrected chi connectivity index (χ2v) is 7.06. The van der Waals surface area contributed by atoms with Crippen LogP contribution in [0.1, 0.15) is 31.4 Å². The maximum atomic E-state index is 12.7. The maximum Gasteiger partial charge on any atom is 0.412 e. The number of hydrogen-bond acceptors (Lipinski definition) is 8. The first-order valence-corrected chi connectivity index (χ1v) is 10.4. The summed E-state index contributed by atoms with van der Waals surface area (Å²) >= 11 is 0. The van der Waals surface area contributed by atoms with Crippen molar-refractivity contribution in [1.82, 2.24) is 5.48 Å². The topological polar surface area (TPSA) is 136 Å². The summed E-state index contributed by atoms with van der Waals surface area (Å²) in [5, 5.41) is 20.9. The van der Waals surface area contributed by atoms with E-state index in [0.29, 0.717) is 42.2 Å². The predicted octanol–water partition coefficient (Wildman–Crippen LogP) is 3.66. The average molecular weight is 458 g/mol. The third-order valence-electron chi connectivity index (χ3n) is 4.79. The number of benzene rings is 2. The molecule has 1 aliphatic rings. The fourth-order valence-corrected chi connectivity index (χ4v) is 3.28. The Morgan fingerprint density at radius 3 is 2.64 bits per heavy atom. The van der Waals surface area contributed by atoms with Crippen molar-refractivity contribution < 1.29 is 38.9 Å². The molecule has 33 heavy (non-hydrogen) atoms. The number of ether oxygens (including phenoxy) is 4. The summed E-state index contributed by atoms with van der Waals surface area (Å²) in [5.41, 5.74) is 2.62. The summed E-state index contributed by atoms with van der Waals surface area (Å²) in [6.07, 6.45) is 1.60. The number of nitrogens with one attached hydrogen (secondary N) is 2. The smallest absolute Gasteiger partial charge is 0.412 e. The Balaban J connectivity index is 1.74. The molecule has 1 heterocycles. The van der Waals surface area contributed by atoms with Crippen molar-refractivity contribution in [3.05, 3.63) is 60.2 Å². The van der Waals surface area contributed by atoms with E-state index < -0.39 is 24.2 Å². The Hall–Kier alpha value is -3.76. The molecule has 2 amide bonds. The van der Waals surface area contributed by atoms with Crippen molar-refractivity contribution in [1.29, 1.82) is 0 Å². The second-order valence-electron chi connectivity index (χ2n) is 7.06. The molecule has 176 valence electrons. The third kappa shape index (κ3) is 6.86. The van der Waals surface area contributed by atoms with Gasteiger partial charge in [-0.2, -0.15) is 0 Å². The Kier molecular flexibility index (Phi) is 8.50. The van der Waals surface area contributed by atoms with Crippen molar-refractivity contribution >= 4 is 17.7 Å². The molecule has 0 unspecified atom stereocenters. The summed E-state index contributed by atoms with van der Waals surface area (Å²) in [6.45, 7) is 2.31. The van der Waals surface area contributed by atoms with Crippen LogP contribution in [0.2, 0.25) is 0 Å². The summed E-state index contributed by atoms with van der Waals surface area (Å²) in [5.74, 6) is 0.551. The Labute approximate surface area is 190 Å². The first kappa shape index (κ1) is 23.9. The number of allylic oxidation sites excluding steroid dienone is 1. The molecule has 0 bridgehead atoms. The maximum absolute atomic E-state index is 12.7. The van der Waals surface area contributed by atoms with Crippen molar-refractivity contribution in [2.45, 2.75) is 32.0 Å². The van der Waals surface area contributed by atoms with Crippen molar-refractivity contribution in [2.75, 3.05) is 18.7 Å². The minimum atomic E-state index is -0.792. The van der Waals surface area contributed by atoms with Crippen LogP contribution in [0.5, 0.6) is 17.2 Å². The Morgan fingerprint density at radius 1 is 1.15 bits per heavy atom. The van der Waals surface area contributed by atoms with Crippen LogP contribution in [-0.2, 0) is 14.3 Å². The first-order valence-electron chi connectivity index (χ1n) is 10.4. The molecule has 1 aliphatic heterocycles. The Morgan fingerprint density at radius 2 is 1.91 bits per heavy atom. The molecule has 0 aliphatic carbocycles. The monoisotopic (exact) mass is 458 g/mol. The van der Waals surface area contributed by atoms with Crippen LogP contribution in [0.3, 0.4) is 0 Å². The highest BCUT2D eigenvalue weighted by atomic mass is 16.7. The predicted molar refractivity (Wildman–Crippen MR) is 117 cm³/mol. The van der Waals surface area contributed by atoms with Gasteiger partial charge in [0.1, 0.15) is 5.75 Å². The number of hydrogen-bond donors (Lipinski definition) is 4. The second kappa shape index (κ2) is 11.7. The number of carbonyl (C=O) groups excluding carboxylic acids is 2. The van der Waals surface area contributed by atoms with Gasteiger partial charge in [0.15, 0.2) is 17.6 Å². The van der Waals surface area contributed by atoms with Gasteiger partial charge < -0.3 is 24.1 Å². The highest BCUT2D eigenvalue weighted by Gasteiger charge is 2.28. The van der Waals surface area contributed by atoms with Gasteiger partial charge >= 0.3 is 6.09 Å². The molecule has 2 atom stereocenters. The SMILES string of the molecule is CCO[C@@H](CC/C=C/C(=O)NO)[C@@H](OC(=O)Nc1ccc2c(c1)OCO2)c1ccc(O)cc1. The fourth-order valence-electron chi connectivity index (χ4n) is 3.28. The number of hydroxylamine groups is 1. The van der Waals surface area contributed by atoms with Crippen molar-refractivity contribution in [3.63, 3.8) is 0 Å². The highest BCUT2D eigenvalue weighted by Crippen LogP contribution is 2.34. The number of fused-ring (bicyclic) bond motifs is 1. The van der Waals surface area contributed by atoms with E-state index in [1.165, 1.54) is 23.7 Å². The number of carbonyl (C=O) groups is 2. The molecule has 10 nitrogen and oxygen atoms in total. The molecule has 10 heteroatoms. The van der Waals surface area contributed by atoms with Crippen LogP contribution in [0, 0.1) is 0 Å². The molecule has 4 N–H and O–H groups in total. The van der Waals surface area contributed by atoms with Gasteiger partial charge in [-0.3, -0.25) is 15.3 Å². The summed E-state index contributed by atoms with van der Waals surface area (Å²) in [6, 6.07) is 11.3. The van der Waals surface area contributed by atoms with Crippen LogP contribution >= 0.6 is 0 Å². The zero-order chi connectivity index (χ0) is 23.6. The summed E-state index contributed by atoms with van der Waals surface area (Å²) in [4.78, 5) is 23.9. The molecule has 0 saturated heterocycles. The lowest BCUT2D eigenvalue weighted by molar-refractivity contribution is -0.124. The van der Waals surface area contributed by atoms with Crippen molar-refractivity contribution in [2.24, 2.45) is 0 Å². The van der Waals surface area contributed by atoms with E-state index in [0.717, 1.165) is 0 Å². The lowest BCUT2D eigenvalue weighted by Crippen LogP contribution is -2.29. The van der Waals surface area contributed by atoms with E-state index >= 15 is 0 Å². The number of aromatic hydroxyl groups is 1. The first-order chi connectivity index (χ1) is 16.0. The fraction of sp³-hybridized carbons (Fsp3) is 0.304. The normalized spacial score (nSPS) is 14.0.